The number of rotatable bonds is 5. The largest absolute Gasteiger partial charge is 0.334 e. The average Bonchev–Trinajstić information content (AvgIpc) is 3.15. The first-order valence-corrected chi connectivity index (χ1v) is 7.66. The number of carbonyl (C=O) groups excluding carboxylic acids is 1. The first-order valence-electron chi connectivity index (χ1n) is 7.66. The quantitative estimate of drug-likeness (QED) is 0.725. The van der Waals surface area contributed by atoms with Gasteiger partial charge in [0.1, 0.15) is 18.5 Å². The van der Waals surface area contributed by atoms with Gasteiger partial charge in [0, 0.05) is 29.9 Å². The van der Waals surface area contributed by atoms with E-state index in [0.717, 1.165) is 5.69 Å². The molecule has 0 bridgehead atoms. The Morgan fingerprint density at radius 1 is 1.08 bits per heavy atom. The average molecular weight is 324 g/mol. The zero-order chi connectivity index (χ0) is 16.9. The van der Waals surface area contributed by atoms with Crippen LogP contribution < -0.4 is 0 Å². The summed E-state index contributed by atoms with van der Waals surface area (Å²) in [6, 6.07) is 13.7. The lowest BCUT2D eigenvalue weighted by Gasteiger charge is -2.21. The number of nitrogens with zero attached hydrogens (tertiary/aromatic N) is 4. The van der Waals surface area contributed by atoms with E-state index < -0.39 is 0 Å². The van der Waals surface area contributed by atoms with Crippen LogP contribution in [0.25, 0.3) is 5.69 Å². The molecule has 0 aliphatic heterocycles. The highest BCUT2D eigenvalue weighted by Gasteiger charge is 2.16. The van der Waals surface area contributed by atoms with Crippen molar-refractivity contribution in [3.63, 3.8) is 0 Å². The zero-order valence-electron chi connectivity index (χ0n) is 13.3. The Labute approximate surface area is 139 Å². The highest BCUT2D eigenvalue weighted by Crippen LogP contribution is 2.15. The lowest BCUT2D eigenvalue weighted by Crippen LogP contribution is -2.30. The smallest absolute Gasteiger partial charge is 0.254 e. The summed E-state index contributed by atoms with van der Waals surface area (Å²) in [7, 11) is 0. The molecule has 0 aliphatic carbocycles. The van der Waals surface area contributed by atoms with Gasteiger partial charge in [0.25, 0.3) is 5.91 Å². The van der Waals surface area contributed by atoms with Crippen LogP contribution in [0.1, 0.15) is 22.8 Å². The molecule has 0 aliphatic rings. The fourth-order valence-corrected chi connectivity index (χ4v) is 2.45. The van der Waals surface area contributed by atoms with Crippen molar-refractivity contribution < 1.29 is 9.18 Å². The van der Waals surface area contributed by atoms with E-state index in [1.165, 1.54) is 6.07 Å². The topological polar surface area (TPSA) is 51.0 Å². The monoisotopic (exact) mass is 324 g/mol. The molecule has 6 heteroatoms. The maximum atomic E-state index is 13.8. The lowest BCUT2D eigenvalue weighted by atomic mass is 10.1. The van der Waals surface area contributed by atoms with Crippen LogP contribution in [0.4, 0.5) is 4.39 Å². The van der Waals surface area contributed by atoms with Crippen LogP contribution in [-0.2, 0) is 6.54 Å². The molecule has 0 N–H and O–H groups in total. The Morgan fingerprint density at radius 2 is 1.75 bits per heavy atom. The van der Waals surface area contributed by atoms with Crippen LogP contribution >= 0.6 is 0 Å². The maximum Gasteiger partial charge on any atom is 0.254 e. The zero-order valence-corrected chi connectivity index (χ0v) is 13.3. The summed E-state index contributed by atoms with van der Waals surface area (Å²) in [5.41, 5.74) is 1.94. The van der Waals surface area contributed by atoms with E-state index in [0.29, 0.717) is 17.7 Å². The highest BCUT2D eigenvalue weighted by atomic mass is 19.1. The molecule has 3 rings (SSSR count). The van der Waals surface area contributed by atoms with Crippen molar-refractivity contribution in [2.24, 2.45) is 0 Å². The third kappa shape index (κ3) is 3.32. The van der Waals surface area contributed by atoms with Gasteiger partial charge in [-0.2, -0.15) is 0 Å². The Hall–Kier alpha value is -3.02. The standard InChI is InChI=1S/C18H17FN4O/c1-2-22(11-15-5-3-4-6-17(15)19)18(24)14-7-9-16(10-8-14)23-12-20-21-13-23/h3-10,12-13H,2,11H2,1H3. The number of halogens is 1. The van der Waals surface area contributed by atoms with E-state index in [1.807, 2.05) is 19.1 Å². The van der Waals surface area contributed by atoms with Crippen molar-refractivity contribution in [1.82, 2.24) is 19.7 Å². The van der Waals surface area contributed by atoms with E-state index in [2.05, 4.69) is 10.2 Å². The predicted molar refractivity (Wildman–Crippen MR) is 88.2 cm³/mol. The Morgan fingerprint density at radius 3 is 2.38 bits per heavy atom. The van der Waals surface area contributed by atoms with E-state index in [-0.39, 0.29) is 18.3 Å². The van der Waals surface area contributed by atoms with Gasteiger partial charge in [0.2, 0.25) is 0 Å². The fraction of sp³-hybridized carbons (Fsp3) is 0.167. The van der Waals surface area contributed by atoms with Crippen LogP contribution in [0.3, 0.4) is 0 Å². The molecule has 5 nitrogen and oxygen atoms in total. The molecule has 1 amide bonds. The summed E-state index contributed by atoms with van der Waals surface area (Å²) >= 11 is 0. The SMILES string of the molecule is CCN(Cc1ccccc1F)C(=O)c1ccc(-n2cnnc2)cc1. The number of amides is 1. The summed E-state index contributed by atoms with van der Waals surface area (Å²) in [5.74, 6) is -0.428. The second-order valence-corrected chi connectivity index (χ2v) is 5.33. The number of carbonyl (C=O) groups is 1. The molecule has 3 aromatic rings. The van der Waals surface area contributed by atoms with Crippen LogP contribution in [0.2, 0.25) is 0 Å². The minimum atomic E-state index is -0.299. The van der Waals surface area contributed by atoms with E-state index in [9.17, 15) is 9.18 Å². The van der Waals surface area contributed by atoms with Gasteiger partial charge in [-0.15, -0.1) is 10.2 Å². The van der Waals surface area contributed by atoms with Crippen molar-refractivity contribution in [3.05, 3.63) is 78.1 Å². The van der Waals surface area contributed by atoms with Crippen molar-refractivity contribution in [2.75, 3.05) is 6.54 Å². The molecule has 0 saturated carbocycles. The second kappa shape index (κ2) is 7.04. The van der Waals surface area contributed by atoms with E-state index >= 15 is 0 Å². The van der Waals surface area contributed by atoms with Gasteiger partial charge in [-0.05, 0) is 37.3 Å². The van der Waals surface area contributed by atoms with Gasteiger partial charge in [-0.3, -0.25) is 9.36 Å². The minimum absolute atomic E-state index is 0.129. The molecule has 0 fully saturated rings. The summed E-state index contributed by atoms with van der Waals surface area (Å²) in [6.07, 6.45) is 3.18. The van der Waals surface area contributed by atoms with Gasteiger partial charge in [0.15, 0.2) is 0 Å². The van der Waals surface area contributed by atoms with E-state index in [1.54, 1.807) is 52.5 Å². The fourth-order valence-electron chi connectivity index (χ4n) is 2.45. The highest BCUT2D eigenvalue weighted by molar-refractivity contribution is 5.94. The summed E-state index contributed by atoms with van der Waals surface area (Å²) in [6.45, 7) is 2.62. The van der Waals surface area contributed by atoms with Crippen molar-refractivity contribution in [3.8, 4) is 5.69 Å². The summed E-state index contributed by atoms with van der Waals surface area (Å²) in [4.78, 5) is 14.3. The van der Waals surface area contributed by atoms with Crippen LogP contribution in [0.5, 0.6) is 0 Å². The molecule has 2 aromatic carbocycles. The minimum Gasteiger partial charge on any atom is -0.334 e. The molecule has 1 aromatic heterocycles. The molecule has 0 atom stereocenters. The van der Waals surface area contributed by atoms with Gasteiger partial charge in [0.05, 0.1) is 0 Å². The molecule has 0 saturated heterocycles. The van der Waals surface area contributed by atoms with E-state index in [4.69, 9.17) is 0 Å². The molecule has 0 spiro atoms. The molecular weight excluding hydrogens is 307 g/mol. The third-order valence-corrected chi connectivity index (χ3v) is 3.82. The molecular formula is C18H17FN4O. The number of hydrogen-bond donors (Lipinski definition) is 0. The number of aromatic nitrogens is 3. The van der Waals surface area contributed by atoms with Crippen molar-refractivity contribution in [2.45, 2.75) is 13.5 Å². The molecule has 0 radical (unpaired) electrons. The first-order chi connectivity index (χ1) is 11.7. The predicted octanol–water partition coefficient (Wildman–Crippen LogP) is 3.07. The van der Waals surface area contributed by atoms with Gasteiger partial charge < -0.3 is 4.90 Å². The van der Waals surface area contributed by atoms with Crippen LogP contribution in [0.15, 0.2) is 61.2 Å². The molecule has 0 unspecified atom stereocenters. The Bertz CT molecular complexity index is 815. The van der Waals surface area contributed by atoms with Crippen LogP contribution in [-0.4, -0.2) is 32.1 Å². The summed E-state index contributed by atoms with van der Waals surface area (Å²) in [5, 5.41) is 7.51. The van der Waals surface area contributed by atoms with Gasteiger partial charge in [-0.25, -0.2) is 4.39 Å². The second-order valence-electron chi connectivity index (χ2n) is 5.33. The van der Waals surface area contributed by atoms with Gasteiger partial charge in [-0.1, -0.05) is 18.2 Å². The normalized spacial score (nSPS) is 10.6. The lowest BCUT2D eigenvalue weighted by molar-refractivity contribution is 0.0751. The molecule has 122 valence electrons. The first kappa shape index (κ1) is 15.9. The van der Waals surface area contributed by atoms with Crippen molar-refractivity contribution in [1.29, 1.82) is 0 Å². The molecule has 1 heterocycles. The Kier molecular flexibility index (Phi) is 4.65. The molecule has 24 heavy (non-hydrogen) atoms. The maximum absolute atomic E-state index is 13.8. The van der Waals surface area contributed by atoms with Crippen LogP contribution in [0, 0.1) is 5.82 Å². The summed E-state index contributed by atoms with van der Waals surface area (Å²) < 4.78 is 15.6. The number of benzene rings is 2. The number of hydrogen-bond acceptors (Lipinski definition) is 3. The van der Waals surface area contributed by atoms with Crippen molar-refractivity contribution >= 4 is 5.91 Å². The van der Waals surface area contributed by atoms with Gasteiger partial charge >= 0.3 is 0 Å². The Balaban J connectivity index is 1.77. The third-order valence-electron chi connectivity index (χ3n) is 3.82.